The summed E-state index contributed by atoms with van der Waals surface area (Å²) in [4.78, 5) is 2.51. The Morgan fingerprint density at radius 2 is 1.75 bits per heavy atom. The van der Waals surface area contributed by atoms with E-state index in [1.54, 1.807) is 7.11 Å². The largest absolute Gasteiger partial charge is 0.497 e. The van der Waals surface area contributed by atoms with E-state index in [4.69, 9.17) is 4.74 Å². The number of likely N-dealkylation sites (tertiary alicyclic amines) is 1. The second kappa shape index (κ2) is 8.52. The molecule has 0 amide bonds. The van der Waals surface area contributed by atoms with Crippen LogP contribution in [0.3, 0.4) is 0 Å². The van der Waals surface area contributed by atoms with Crippen LogP contribution in [0.2, 0.25) is 0 Å². The van der Waals surface area contributed by atoms with E-state index in [0.29, 0.717) is 6.54 Å². The van der Waals surface area contributed by atoms with Gasteiger partial charge in [-0.05, 0) is 65.5 Å². The Labute approximate surface area is 166 Å². The molecule has 1 saturated heterocycles. The van der Waals surface area contributed by atoms with Crippen molar-refractivity contribution in [1.82, 2.24) is 25.1 Å². The summed E-state index contributed by atoms with van der Waals surface area (Å²) in [6, 6.07) is 18.7. The Balaban J connectivity index is 1.68. The molecule has 0 saturated carbocycles. The number of piperidine rings is 1. The number of hydrogen-bond acceptors (Lipinski definition) is 5. The van der Waals surface area contributed by atoms with Crippen molar-refractivity contribution in [3.05, 3.63) is 71.5 Å². The van der Waals surface area contributed by atoms with E-state index in [2.05, 4.69) is 51.6 Å². The molecule has 1 unspecified atom stereocenters. The number of hydrogen-bond donors (Lipinski definition) is 0. The average molecular weight is 377 g/mol. The van der Waals surface area contributed by atoms with Crippen LogP contribution in [-0.4, -0.2) is 45.3 Å². The van der Waals surface area contributed by atoms with Crippen LogP contribution in [0.5, 0.6) is 5.75 Å². The van der Waals surface area contributed by atoms with Gasteiger partial charge in [-0.3, -0.25) is 4.90 Å². The Kier molecular flexibility index (Phi) is 5.67. The topological polar surface area (TPSA) is 56.1 Å². The van der Waals surface area contributed by atoms with Crippen molar-refractivity contribution in [2.45, 2.75) is 32.4 Å². The van der Waals surface area contributed by atoms with Crippen LogP contribution in [0, 0.1) is 5.92 Å². The van der Waals surface area contributed by atoms with Crippen LogP contribution < -0.4 is 4.74 Å². The van der Waals surface area contributed by atoms with E-state index in [9.17, 15) is 0 Å². The summed E-state index contributed by atoms with van der Waals surface area (Å²) in [6.45, 7) is 5.10. The van der Waals surface area contributed by atoms with Gasteiger partial charge in [0.25, 0.3) is 0 Å². The van der Waals surface area contributed by atoms with Gasteiger partial charge in [-0.15, -0.1) is 5.10 Å². The normalized spacial score (nSPS) is 16.8. The van der Waals surface area contributed by atoms with Gasteiger partial charge in [0, 0.05) is 0 Å². The van der Waals surface area contributed by atoms with E-state index < -0.39 is 0 Å². The van der Waals surface area contributed by atoms with E-state index in [0.717, 1.165) is 30.6 Å². The van der Waals surface area contributed by atoms with Gasteiger partial charge in [0.1, 0.15) is 5.75 Å². The highest BCUT2D eigenvalue weighted by Crippen LogP contribution is 2.32. The molecule has 0 spiro atoms. The van der Waals surface area contributed by atoms with Crippen molar-refractivity contribution in [3.63, 3.8) is 0 Å². The molecule has 0 N–H and O–H groups in total. The molecule has 3 aromatic rings. The highest BCUT2D eigenvalue weighted by Gasteiger charge is 2.30. The zero-order valence-electron chi connectivity index (χ0n) is 16.5. The van der Waals surface area contributed by atoms with Crippen LogP contribution in [0.15, 0.2) is 54.6 Å². The number of methoxy groups -OCH3 is 1. The predicted molar refractivity (Wildman–Crippen MR) is 108 cm³/mol. The quantitative estimate of drug-likeness (QED) is 0.657. The molecule has 0 aliphatic carbocycles. The maximum Gasteiger partial charge on any atom is 0.173 e. The predicted octanol–water partition coefficient (Wildman–Crippen LogP) is 3.55. The second-order valence-corrected chi connectivity index (χ2v) is 7.57. The Bertz CT molecular complexity index is 869. The van der Waals surface area contributed by atoms with Crippen LogP contribution >= 0.6 is 0 Å². The van der Waals surface area contributed by atoms with Crippen molar-refractivity contribution >= 4 is 0 Å². The molecule has 6 nitrogen and oxygen atoms in total. The molecular formula is C22H27N5O. The third kappa shape index (κ3) is 4.07. The molecule has 28 heavy (non-hydrogen) atoms. The van der Waals surface area contributed by atoms with Crippen LogP contribution in [0.25, 0.3) is 0 Å². The van der Waals surface area contributed by atoms with E-state index in [-0.39, 0.29) is 6.04 Å². The zero-order valence-corrected chi connectivity index (χ0v) is 16.5. The number of rotatable bonds is 6. The molecular weight excluding hydrogens is 350 g/mol. The lowest BCUT2D eigenvalue weighted by Gasteiger charge is -2.36. The van der Waals surface area contributed by atoms with E-state index in [1.807, 2.05) is 35.0 Å². The average Bonchev–Trinajstić information content (AvgIpc) is 3.18. The summed E-state index contributed by atoms with van der Waals surface area (Å²) in [5.41, 5.74) is 2.39. The summed E-state index contributed by atoms with van der Waals surface area (Å²) >= 11 is 0. The highest BCUT2D eigenvalue weighted by atomic mass is 16.5. The number of aromatic nitrogens is 4. The molecule has 0 radical (unpaired) electrons. The number of tetrazole rings is 1. The first-order valence-electron chi connectivity index (χ1n) is 9.92. The first kappa shape index (κ1) is 18.6. The maximum atomic E-state index is 5.34. The molecule has 6 heteroatoms. The first-order valence-corrected chi connectivity index (χ1v) is 9.92. The third-order valence-electron chi connectivity index (χ3n) is 5.59. The molecule has 1 fully saturated rings. The SMILES string of the molecule is COc1ccc(C(c2nnnn2Cc2ccccc2)N2CCC(C)CC2)cc1. The molecule has 2 aromatic carbocycles. The fourth-order valence-electron chi connectivity index (χ4n) is 3.87. The zero-order chi connectivity index (χ0) is 19.3. The van der Waals surface area contributed by atoms with Gasteiger partial charge in [-0.1, -0.05) is 49.4 Å². The molecule has 2 heterocycles. The van der Waals surface area contributed by atoms with Crippen molar-refractivity contribution in [2.75, 3.05) is 20.2 Å². The molecule has 4 rings (SSSR count). The molecule has 1 atom stereocenters. The smallest absolute Gasteiger partial charge is 0.173 e. The molecule has 1 aromatic heterocycles. The summed E-state index contributed by atoms with van der Waals surface area (Å²) in [6.07, 6.45) is 2.40. The van der Waals surface area contributed by atoms with E-state index in [1.165, 1.54) is 24.0 Å². The lowest BCUT2D eigenvalue weighted by Crippen LogP contribution is -2.38. The fourth-order valence-corrected chi connectivity index (χ4v) is 3.87. The Hall–Kier alpha value is -2.73. The number of benzene rings is 2. The summed E-state index contributed by atoms with van der Waals surface area (Å²) in [7, 11) is 1.69. The standard InChI is InChI=1S/C22H27N5O/c1-17-12-14-26(15-13-17)21(19-8-10-20(28-2)11-9-19)22-23-24-25-27(22)16-18-6-4-3-5-7-18/h3-11,17,21H,12-16H2,1-2H3. The van der Waals surface area contributed by atoms with Crippen molar-refractivity contribution in [3.8, 4) is 5.75 Å². The van der Waals surface area contributed by atoms with Crippen LogP contribution in [0.4, 0.5) is 0 Å². The van der Waals surface area contributed by atoms with Crippen molar-refractivity contribution in [1.29, 1.82) is 0 Å². The van der Waals surface area contributed by atoms with Gasteiger partial charge in [0.15, 0.2) is 5.82 Å². The maximum absolute atomic E-state index is 5.34. The van der Waals surface area contributed by atoms with Crippen molar-refractivity contribution in [2.24, 2.45) is 5.92 Å². The van der Waals surface area contributed by atoms with Gasteiger partial charge in [0.05, 0.1) is 19.7 Å². The van der Waals surface area contributed by atoms with Crippen molar-refractivity contribution < 1.29 is 4.74 Å². The molecule has 1 aliphatic rings. The van der Waals surface area contributed by atoms with Gasteiger partial charge in [-0.2, -0.15) is 0 Å². The lowest BCUT2D eigenvalue weighted by molar-refractivity contribution is 0.150. The minimum atomic E-state index is 0.0390. The highest BCUT2D eigenvalue weighted by molar-refractivity contribution is 5.32. The van der Waals surface area contributed by atoms with Gasteiger partial charge >= 0.3 is 0 Å². The fraction of sp³-hybridized carbons (Fsp3) is 0.409. The Morgan fingerprint density at radius 1 is 1.04 bits per heavy atom. The second-order valence-electron chi connectivity index (χ2n) is 7.57. The van der Waals surface area contributed by atoms with E-state index >= 15 is 0 Å². The summed E-state index contributed by atoms with van der Waals surface area (Å²) in [5, 5.41) is 12.8. The van der Waals surface area contributed by atoms with Crippen LogP contribution in [0.1, 0.15) is 42.8 Å². The van der Waals surface area contributed by atoms with Gasteiger partial charge < -0.3 is 4.74 Å². The first-order chi connectivity index (χ1) is 13.7. The molecule has 1 aliphatic heterocycles. The number of nitrogens with zero attached hydrogens (tertiary/aromatic N) is 5. The monoisotopic (exact) mass is 377 g/mol. The summed E-state index contributed by atoms with van der Waals surface area (Å²) < 4.78 is 7.28. The molecule has 146 valence electrons. The minimum Gasteiger partial charge on any atom is -0.497 e. The van der Waals surface area contributed by atoms with Gasteiger partial charge in [0.2, 0.25) is 0 Å². The van der Waals surface area contributed by atoms with Crippen LogP contribution in [-0.2, 0) is 6.54 Å². The minimum absolute atomic E-state index is 0.0390. The lowest BCUT2D eigenvalue weighted by atomic mass is 9.95. The third-order valence-corrected chi connectivity index (χ3v) is 5.59. The number of ether oxygens (including phenoxy) is 1. The summed E-state index contributed by atoms with van der Waals surface area (Å²) in [5.74, 6) is 2.52. The Morgan fingerprint density at radius 3 is 2.43 bits per heavy atom. The van der Waals surface area contributed by atoms with Gasteiger partial charge in [-0.25, -0.2) is 4.68 Å². The molecule has 0 bridgehead atoms.